The van der Waals surface area contributed by atoms with Crippen molar-refractivity contribution in [3.63, 3.8) is 0 Å². The molecule has 0 aliphatic heterocycles. The Morgan fingerprint density at radius 2 is 1.95 bits per heavy atom. The summed E-state index contributed by atoms with van der Waals surface area (Å²) in [7, 11) is 0. The smallest absolute Gasteiger partial charge is 0.404 e. The SMILES string of the molecule is NCc1ccnc(Nc2ccccc2OC(F)(F)F)n1. The Labute approximate surface area is 112 Å². The number of anilines is 2. The number of hydrogen-bond acceptors (Lipinski definition) is 5. The molecule has 106 valence electrons. The normalized spacial score (nSPS) is 11.2. The Morgan fingerprint density at radius 1 is 1.20 bits per heavy atom. The van der Waals surface area contributed by atoms with Gasteiger partial charge in [-0.3, -0.25) is 0 Å². The van der Waals surface area contributed by atoms with Gasteiger partial charge in [-0.15, -0.1) is 13.2 Å². The summed E-state index contributed by atoms with van der Waals surface area (Å²) >= 11 is 0. The number of nitrogens with zero attached hydrogens (tertiary/aromatic N) is 2. The van der Waals surface area contributed by atoms with Crippen molar-refractivity contribution in [2.75, 3.05) is 5.32 Å². The van der Waals surface area contributed by atoms with Crippen LogP contribution in [-0.4, -0.2) is 16.3 Å². The fourth-order valence-corrected chi connectivity index (χ4v) is 1.47. The van der Waals surface area contributed by atoms with E-state index in [9.17, 15) is 13.2 Å². The molecule has 0 fully saturated rings. The number of rotatable bonds is 4. The van der Waals surface area contributed by atoms with Gasteiger partial charge in [-0.25, -0.2) is 9.97 Å². The Kier molecular flexibility index (Phi) is 4.04. The first-order chi connectivity index (χ1) is 9.48. The van der Waals surface area contributed by atoms with Crippen molar-refractivity contribution < 1.29 is 17.9 Å². The van der Waals surface area contributed by atoms with Crippen molar-refractivity contribution in [3.05, 3.63) is 42.2 Å². The molecule has 1 aromatic heterocycles. The van der Waals surface area contributed by atoms with Gasteiger partial charge >= 0.3 is 6.36 Å². The van der Waals surface area contributed by atoms with Gasteiger partial charge in [0.15, 0.2) is 5.75 Å². The van der Waals surface area contributed by atoms with E-state index in [2.05, 4.69) is 20.0 Å². The summed E-state index contributed by atoms with van der Waals surface area (Å²) in [5.74, 6) is -0.215. The number of halogens is 3. The Hall–Kier alpha value is -2.35. The lowest BCUT2D eigenvalue weighted by Gasteiger charge is -2.13. The molecule has 0 spiro atoms. The average molecular weight is 284 g/mol. The summed E-state index contributed by atoms with van der Waals surface area (Å²) in [5.41, 5.74) is 6.11. The maximum absolute atomic E-state index is 12.3. The number of alkyl halides is 3. The molecule has 2 aromatic rings. The third-order valence-corrected chi connectivity index (χ3v) is 2.28. The molecule has 0 bridgehead atoms. The fraction of sp³-hybridized carbons (Fsp3) is 0.167. The number of para-hydroxylation sites is 2. The predicted molar refractivity (Wildman–Crippen MR) is 66.3 cm³/mol. The molecule has 0 saturated carbocycles. The van der Waals surface area contributed by atoms with E-state index in [-0.39, 0.29) is 23.9 Å². The molecular weight excluding hydrogens is 273 g/mol. The standard InChI is InChI=1S/C12H11F3N4O/c13-12(14,15)20-10-4-2-1-3-9(10)19-11-17-6-5-8(7-16)18-11/h1-6H,7,16H2,(H,17,18,19). The van der Waals surface area contributed by atoms with Crippen molar-refractivity contribution in [1.29, 1.82) is 0 Å². The van der Waals surface area contributed by atoms with Crippen LogP contribution in [0.3, 0.4) is 0 Å². The fourth-order valence-electron chi connectivity index (χ4n) is 1.47. The molecular formula is C12H11F3N4O. The zero-order chi connectivity index (χ0) is 14.6. The van der Waals surface area contributed by atoms with Crippen LogP contribution in [-0.2, 0) is 6.54 Å². The molecule has 0 amide bonds. The summed E-state index contributed by atoms with van der Waals surface area (Å²) < 4.78 is 40.8. The lowest BCUT2D eigenvalue weighted by atomic mass is 10.3. The van der Waals surface area contributed by atoms with Crippen LogP contribution in [0, 0.1) is 0 Å². The highest BCUT2D eigenvalue weighted by Gasteiger charge is 2.32. The van der Waals surface area contributed by atoms with Gasteiger partial charge in [-0.2, -0.15) is 0 Å². The largest absolute Gasteiger partial charge is 0.573 e. The predicted octanol–water partition coefficient (Wildman–Crippen LogP) is 2.58. The summed E-state index contributed by atoms with van der Waals surface area (Å²) in [6.07, 6.45) is -3.30. The lowest BCUT2D eigenvalue weighted by molar-refractivity contribution is -0.274. The Morgan fingerprint density at radius 3 is 2.65 bits per heavy atom. The maximum Gasteiger partial charge on any atom is 0.573 e. The second kappa shape index (κ2) is 5.74. The first kappa shape index (κ1) is 14.1. The Bertz CT molecular complexity index is 589. The molecule has 0 aliphatic carbocycles. The minimum absolute atomic E-state index is 0.110. The van der Waals surface area contributed by atoms with Crippen LogP contribution in [0.1, 0.15) is 5.69 Å². The van der Waals surface area contributed by atoms with Crippen LogP contribution >= 0.6 is 0 Å². The first-order valence-corrected chi connectivity index (χ1v) is 5.62. The molecule has 1 aromatic carbocycles. The zero-order valence-electron chi connectivity index (χ0n) is 10.2. The van der Waals surface area contributed by atoms with Gasteiger partial charge in [0, 0.05) is 12.7 Å². The number of nitrogens with one attached hydrogen (secondary N) is 1. The van der Waals surface area contributed by atoms with Crippen LogP contribution < -0.4 is 15.8 Å². The molecule has 1 heterocycles. The summed E-state index contributed by atoms with van der Waals surface area (Å²) in [6, 6.07) is 7.24. The third-order valence-electron chi connectivity index (χ3n) is 2.28. The monoisotopic (exact) mass is 284 g/mol. The third kappa shape index (κ3) is 3.82. The van der Waals surface area contributed by atoms with Crippen LogP contribution in [0.4, 0.5) is 24.8 Å². The van der Waals surface area contributed by atoms with E-state index < -0.39 is 6.36 Å². The van der Waals surface area contributed by atoms with E-state index in [0.717, 1.165) is 0 Å². The molecule has 0 unspecified atom stereocenters. The summed E-state index contributed by atoms with van der Waals surface area (Å²) in [4.78, 5) is 7.95. The quantitative estimate of drug-likeness (QED) is 0.902. The molecule has 0 atom stereocenters. The van der Waals surface area contributed by atoms with Gasteiger partial charge in [0.05, 0.1) is 11.4 Å². The van der Waals surface area contributed by atoms with Gasteiger partial charge < -0.3 is 15.8 Å². The van der Waals surface area contributed by atoms with E-state index in [0.29, 0.717) is 5.69 Å². The topological polar surface area (TPSA) is 73.1 Å². The first-order valence-electron chi connectivity index (χ1n) is 5.62. The highest BCUT2D eigenvalue weighted by Crippen LogP contribution is 2.31. The van der Waals surface area contributed by atoms with Gasteiger partial charge in [0.1, 0.15) is 0 Å². The van der Waals surface area contributed by atoms with E-state index in [1.807, 2.05) is 0 Å². The number of aromatic nitrogens is 2. The molecule has 0 saturated heterocycles. The second-order valence-corrected chi connectivity index (χ2v) is 3.74. The second-order valence-electron chi connectivity index (χ2n) is 3.74. The van der Waals surface area contributed by atoms with Crippen LogP contribution in [0.5, 0.6) is 5.75 Å². The highest BCUT2D eigenvalue weighted by atomic mass is 19.4. The molecule has 5 nitrogen and oxygen atoms in total. The van der Waals surface area contributed by atoms with E-state index in [4.69, 9.17) is 5.73 Å². The number of hydrogen-bond donors (Lipinski definition) is 2. The van der Waals surface area contributed by atoms with Gasteiger partial charge in [0.2, 0.25) is 5.95 Å². The van der Waals surface area contributed by atoms with Gasteiger partial charge in [0.25, 0.3) is 0 Å². The molecule has 0 aliphatic rings. The average Bonchev–Trinajstić information content (AvgIpc) is 2.40. The molecule has 0 radical (unpaired) electrons. The summed E-state index contributed by atoms with van der Waals surface area (Å²) in [6.45, 7) is 0.206. The maximum atomic E-state index is 12.3. The van der Waals surface area contributed by atoms with Crippen molar-refractivity contribution >= 4 is 11.6 Å². The minimum atomic E-state index is -4.77. The molecule has 2 rings (SSSR count). The van der Waals surface area contributed by atoms with Crippen LogP contribution in [0.15, 0.2) is 36.5 Å². The zero-order valence-corrected chi connectivity index (χ0v) is 10.2. The number of benzene rings is 1. The van der Waals surface area contributed by atoms with Gasteiger partial charge in [-0.05, 0) is 18.2 Å². The van der Waals surface area contributed by atoms with Crippen molar-refractivity contribution in [1.82, 2.24) is 9.97 Å². The van der Waals surface area contributed by atoms with Crippen molar-refractivity contribution in [2.45, 2.75) is 12.9 Å². The molecule has 3 N–H and O–H groups in total. The number of nitrogens with two attached hydrogens (primary N) is 1. The van der Waals surface area contributed by atoms with Crippen LogP contribution in [0.2, 0.25) is 0 Å². The van der Waals surface area contributed by atoms with E-state index in [1.165, 1.54) is 24.4 Å². The van der Waals surface area contributed by atoms with E-state index >= 15 is 0 Å². The Balaban J connectivity index is 2.24. The molecule has 8 heteroatoms. The van der Waals surface area contributed by atoms with Crippen molar-refractivity contribution in [3.8, 4) is 5.75 Å². The van der Waals surface area contributed by atoms with Crippen LogP contribution in [0.25, 0.3) is 0 Å². The number of ether oxygens (including phenoxy) is 1. The molecule has 20 heavy (non-hydrogen) atoms. The summed E-state index contributed by atoms with van der Waals surface area (Å²) in [5, 5.41) is 2.67. The lowest BCUT2D eigenvalue weighted by Crippen LogP contribution is -2.18. The van der Waals surface area contributed by atoms with Crippen molar-refractivity contribution in [2.24, 2.45) is 5.73 Å². The van der Waals surface area contributed by atoms with Gasteiger partial charge in [-0.1, -0.05) is 12.1 Å². The van der Waals surface area contributed by atoms with E-state index in [1.54, 1.807) is 12.1 Å². The highest BCUT2D eigenvalue weighted by molar-refractivity contribution is 5.62. The minimum Gasteiger partial charge on any atom is -0.404 e.